The molecule has 0 saturated carbocycles. The summed E-state index contributed by atoms with van der Waals surface area (Å²) in [6.45, 7) is 0. The average molecular weight is 797 g/mol. The smallest absolute Gasteiger partial charge is 0.164 e. The molecule has 0 saturated heterocycles. The van der Waals surface area contributed by atoms with E-state index in [2.05, 4.69) is 107 Å². The van der Waals surface area contributed by atoms with Crippen LogP contribution in [0.2, 0.25) is 0 Å². The van der Waals surface area contributed by atoms with Crippen LogP contribution in [0, 0.1) is 0 Å². The zero-order valence-electron chi connectivity index (χ0n) is 33.4. The molecule has 8 aromatic carbocycles. The zero-order chi connectivity index (χ0) is 41.2. The first-order valence-electron chi connectivity index (χ1n) is 20.5. The number of aromatic nitrogens is 6. The second-order valence-corrected chi connectivity index (χ2v) is 14.8. The van der Waals surface area contributed by atoms with Crippen molar-refractivity contribution >= 4 is 34.1 Å². The Morgan fingerprint density at radius 3 is 0.710 bits per heavy atom. The van der Waals surface area contributed by atoms with Crippen molar-refractivity contribution < 1.29 is 0 Å². The van der Waals surface area contributed by atoms with Gasteiger partial charge in [-0.05, 0) is 48.5 Å². The minimum absolute atomic E-state index is 0.598. The van der Waals surface area contributed by atoms with Gasteiger partial charge in [-0.2, -0.15) is 0 Å². The summed E-state index contributed by atoms with van der Waals surface area (Å²) in [4.78, 5) is 34.6. The van der Waals surface area contributed by atoms with E-state index in [4.69, 9.17) is 29.9 Å². The molecule has 8 nitrogen and oxygen atoms in total. The number of rotatable bonds is 8. The maximum atomic E-state index is 5.04. The van der Waals surface area contributed by atoms with Gasteiger partial charge in [0, 0.05) is 44.8 Å². The predicted octanol–water partition coefficient (Wildman–Crippen LogP) is 13.3. The van der Waals surface area contributed by atoms with Crippen LogP contribution in [-0.4, -0.2) is 29.9 Å². The zero-order valence-corrected chi connectivity index (χ0v) is 33.4. The third-order valence-electron chi connectivity index (χ3n) is 10.9. The molecule has 11 rings (SSSR count). The number of anilines is 6. The second-order valence-electron chi connectivity index (χ2n) is 14.8. The van der Waals surface area contributed by atoms with E-state index in [1.807, 2.05) is 121 Å². The molecule has 0 radical (unpaired) electrons. The quantitative estimate of drug-likeness (QED) is 0.150. The van der Waals surface area contributed by atoms with Gasteiger partial charge in [0.25, 0.3) is 0 Å². The molecule has 10 aromatic rings. The van der Waals surface area contributed by atoms with Crippen molar-refractivity contribution in [1.82, 2.24) is 29.9 Å². The van der Waals surface area contributed by atoms with Gasteiger partial charge in [0.05, 0.1) is 22.7 Å². The minimum atomic E-state index is 0.598. The van der Waals surface area contributed by atoms with Crippen LogP contribution in [0.5, 0.6) is 0 Å². The highest BCUT2D eigenvalue weighted by Crippen LogP contribution is 2.54. The molecular weight excluding hydrogens is 761 g/mol. The molecule has 0 amide bonds. The fourth-order valence-electron chi connectivity index (χ4n) is 7.94. The summed E-state index contributed by atoms with van der Waals surface area (Å²) in [5, 5.41) is 0. The minimum Gasteiger partial charge on any atom is -0.306 e. The molecule has 0 spiro atoms. The topological polar surface area (TPSA) is 83.8 Å². The summed E-state index contributed by atoms with van der Waals surface area (Å²) in [6, 6.07) is 74.2. The lowest BCUT2D eigenvalue weighted by atomic mass is 10.0. The van der Waals surface area contributed by atoms with Gasteiger partial charge >= 0.3 is 0 Å². The van der Waals surface area contributed by atoms with Crippen molar-refractivity contribution in [3.8, 4) is 68.3 Å². The lowest BCUT2D eigenvalue weighted by molar-refractivity contribution is 1.07. The average Bonchev–Trinajstić information content (AvgIpc) is 3.36. The third-order valence-corrected chi connectivity index (χ3v) is 10.9. The van der Waals surface area contributed by atoms with Crippen molar-refractivity contribution in [2.75, 3.05) is 9.80 Å². The Morgan fingerprint density at radius 2 is 0.435 bits per heavy atom. The monoisotopic (exact) mass is 796 g/mol. The fourth-order valence-corrected chi connectivity index (χ4v) is 7.94. The van der Waals surface area contributed by atoms with Crippen LogP contribution in [-0.2, 0) is 0 Å². The van der Waals surface area contributed by atoms with Crippen molar-refractivity contribution in [3.63, 3.8) is 0 Å². The number of hydrogen-bond acceptors (Lipinski definition) is 8. The summed E-state index contributed by atoms with van der Waals surface area (Å²) >= 11 is 0. The number of nitrogens with zero attached hydrogens (tertiary/aromatic N) is 8. The van der Waals surface area contributed by atoms with E-state index in [0.29, 0.717) is 34.9 Å². The summed E-state index contributed by atoms with van der Waals surface area (Å²) in [5.41, 5.74) is 11.5. The van der Waals surface area contributed by atoms with E-state index in [1.54, 1.807) is 0 Å². The van der Waals surface area contributed by atoms with Gasteiger partial charge in [0.15, 0.2) is 34.9 Å². The van der Waals surface area contributed by atoms with E-state index in [1.165, 1.54) is 0 Å². The molecule has 292 valence electrons. The van der Waals surface area contributed by atoms with Gasteiger partial charge in [-0.25, -0.2) is 29.9 Å². The van der Waals surface area contributed by atoms with Crippen LogP contribution in [0.1, 0.15) is 0 Å². The van der Waals surface area contributed by atoms with Crippen LogP contribution in [0.15, 0.2) is 218 Å². The molecule has 0 atom stereocenters. The van der Waals surface area contributed by atoms with E-state index >= 15 is 0 Å². The highest BCUT2D eigenvalue weighted by Gasteiger charge is 2.31. The number of fused-ring (bicyclic) bond motifs is 2. The first kappa shape index (κ1) is 36.5. The van der Waals surface area contributed by atoms with Gasteiger partial charge in [0.1, 0.15) is 0 Å². The number of benzene rings is 8. The maximum Gasteiger partial charge on any atom is 0.164 e. The van der Waals surface area contributed by atoms with Crippen LogP contribution < -0.4 is 9.80 Å². The van der Waals surface area contributed by atoms with E-state index in [-0.39, 0.29) is 0 Å². The highest BCUT2D eigenvalue weighted by atomic mass is 15.3. The van der Waals surface area contributed by atoms with E-state index in [0.717, 1.165) is 67.5 Å². The molecule has 0 unspecified atom stereocenters. The lowest BCUT2D eigenvalue weighted by Gasteiger charge is -2.40. The molecule has 2 aromatic heterocycles. The van der Waals surface area contributed by atoms with Gasteiger partial charge in [-0.1, -0.05) is 170 Å². The van der Waals surface area contributed by atoms with E-state index < -0.39 is 0 Å². The molecular formula is C54H36N8. The molecule has 0 N–H and O–H groups in total. The number of para-hydroxylation sites is 4. The van der Waals surface area contributed by atoms with Crippen molar-refractivity contribution in [2.24, 2.45) is 0 Å². The van der Waals surface area contributed by atoms with Gasteiger partial charge in [0.2, 0.25) is 0 Å². The molecule has 1 aliphatic rings. The Bertz CT molecular complexity index is 2820. The third kappa shape index (κ3) is 6.91. The summed E-state index contributed by atoms with van der Waals surface area (Å²) in [7, 11) is 0. The first-order valence-corrected chi connectivity index (χ1v) is 20.5. The molecule has 0 aliphatic carbocycles. The molecule has 0 bridgehead atoms. The standard InChI is InChI=1S/C54H36N8/c1-5-19-37(20-6-1)49-55-50(38-21-7-2-8-22-38)58-53(57-49)41-27-17-29-43(35-41)61-45-31-13-15-33-47(45)62(48-34-16-14-32-46(48)61)44-30-18-28-42(36-44)54-59-51(39-23-9-3-10-24-39)56-52(60-54)40-25-11-4-12-26-40/h1-36H. The summed E-state index contributed by atoms with van der Waals surface area (Å²) < 4.78 is 0. The van der Waals surface area contributed by atoms with Gasteiger partial charge in [-0.15, -0.1) is 0 Å². The largest absolute Gasteiger partial charge is 0.306 e. The first-order chi connectivity index (χ1) is 30.7. The molecule has 1 aliphatic heterocycles. The van der Waals surface area contributed by atoms with Crippen LogP contribution in [0.3, 0.4) is 0 Å². The Labute approximate surface area is 359 Å². The number of hydrogen-bond donors (Lipinski definition) is 0. The molecule has 8 heteroatoms. The van der Waals surface area contributed by atoms with Gasteiger partial charge < -0.3 is 9.80 Å². The maximum absolute atomic E-state index is 5.04. The van der Waals surface area contributed by atoms with Crippen molar-refractivity contribution in [3.05, 3.63) is 218 Å². The normalized spacial score (nSPS) is 11.8. The molecule has 3 heterocycles. The Morgan fingerprint density at radius 1 is 0.210 bits per heavy atom. The van der Waals surface area contributed by atoms with Gasteiger partial charge in [-0.3, -0.25) is 0 Å². The Kier molecular flexibility index (Phi) is 9.33. The molecule has 62 heavy (non-hydrogen) atoms. The van der Waals surface area contributed by atoms with Crippen LogP contribution in [0.25, 0.3) is 68.3 Å². The summed E-state index contributed by atoms with van der Waals surface area (Å²) in [5.74, 6) is 3.68. The fraction of sp³-hybridized carbons (Fsp3) is 0. The predicted molar refractivity (Wildman–Crippen MR) is 249 cm³/mol. The lowest BCUT2D eigenvalue weighted by Crippen LogP contribution is -2.24. The van der Waals surface area contributed by atoms with Crippen molar-refractivity contribution in [2.45, 2.75) is 0 Å². The Balaban J connectivity index is 1.01. The SMILES string of the molecule is c1ccc(-c2nc(-c3ccccc3)nc(-c3cccc(N4c5ccccc5N(c5cccc(-c6nc(-c7ccccc7)nc(-c7ccccc7)n6)c5)c5ccccc54)c3)n2)cc1. The second kappa shape index (κ2) is 15.9. The Hall–Kier alpha value is -8.62. The van der Waals surface area contributed by atoms with Crippen molar-refractivity contribution in [1.29, 1.82) is 0 Å². The van der Waals surface area contributed by atoms with E-state index in [9.17, 15) is 0 Å². The summed E-state index contributed by atoms with van der Waals surface area (Å²) in [6.07, 6.45) is 0. The van der Waals surface area contributed by atoms with Crippen LogP contribution in [0.4, 0.5) is 34.1 Å². The van der Waals surface area contributed by atoms with Crippen LogP contribution >= 0.6 is 0 Å². The highest BCUT2D eigenvalue weighted by molar-refractivity contribution is 6.02. The molecule has 0 fully saturated rings.